The molecule has 2 N–H and O–H groups in total. The highest BCUT2D eigenvalue weighted by Gasteiger charge is 2.17. The molecule has 0 aliphatic rings. The Labute approximate surface area is 186 Å². The van der Waals surface area contributed by atoms with Gasteiger partial charge in [-0.25, -0.2) is 0 Å². The molecule has 0 atom stereocenters. The number of nitrogens with zero attached hydrogens (tertiary/aromatic N) is 1. The molecule has 157 valence electrons. The normalized spacial score (nSPS) is 11.2. The van der Waals surface area contributed by atoms with E-state index in [-0.39, 0.29) is 0 Å². The zero-order chi connectivity index (χ0) is 22.1. The minimum Gasteiger partial charge on any atom is -0.489 e. The van der Waals surface area contributed by atoms with Gasteiger partial charge in [0.25, 0.3) is 0 Å². The standard InChI is InChI=1S/C28H23N2O2/c1-19-14-15-22-25(16-19)30(24-12-7-11-23(27(22)24)28(29)31)17-21-10-5-6-13-26(21)32-18-20-8-3-2-4-9-20/h2-14,16H,17-18H2,1H3,(H2,29,31). The maximum absolute atomic E-state index is 12.1. The van der Waals surface area contributed by atoms with Gasteiger partial charge in [0.2, 0.25) is 5.91 Å². The summed E-state index contributed by atoms with van der Waals surface area (Å²) in [6.45, 7) is 3.15. The fraction of sp³-hybridized carbons (Fsp3) is 0.107. The van der Waals surface area contributed by atoms with E-state index in [9.17, 15) is 4.79 Å². The average molecular weight is 420 g/mol. The predicted molar refractivity (Wildman–Crippen MR) is 128 cm³/mol. The van der Waals surface area contributed by atoms with Crippen LogP contribution in [0.25, 0.3) is 21.8 Å². The third-order valence-corrected chi connectivity index (χ3v) is 5.74. The van der Waals surface area contributed by atoms with Crippen molar-refractivity contribution in [2.24, 2.45) is 5.73 Å². The first-order valence-electron chi connectivity index (χ1n) is 10.6. The van der Waals surface area contributed by atoms with E-state index in [2.05, 4.69) is 34.9 Å². The van der Waals surface area contributed by atoms with Gasteiger partial charge in [0.15, 0.2) is 0 Å². The van der Waals surface area contributed by atoms with Crippen molar-refractivity contribution in [1.82, 2.24) is 4.57 Å². The van der Waals surface area contributed by atoms with E-state index in [0.29, 0.717) is 18.7 Å². The number of benzene rings is 4. The summed E-state index contributed by atoms with van der Waals surface area (Å²) in [5.74, 6) is 0.407. The molecule has 5 rings (SSSR count). The number of aromatic nitrogens is 1. The first-order chi connectivity index (χ1) is 15.6. The lowest BCUT2D eigenvalue weighted by molar-refractivity contribution is 0.100. The number of rotatable bonds is 6. The fourth-order valence-electron chi connectivity index (χ4n) is 4.22. The monoisotopic (exact) mass is 419 g/mol. The van der Waals surface area contributed by atoms with Crippen LogP contribution in [-0.4, -0.2) is 10.5 Å². The Bertz CT molecular complexity index is 1430. The Hall–Kier alpha value is -4.05. The van der Waals surface area contributed by atoms with Crippen LogP contribution in [0.15, 0.2) is 84.9 Å². The molecule has 5 aromatic rings. The highest BCUT2D eigenvalue weighted by molar-refractivity contribution is 6.17. The van der Waals surface area contributed by atoms with E-state index in [1.807, 2.05) is 61.5 Å². The molecule has 4 aromatic carbocycles. The lowest BCUT2D eigenvalue weighted by Crippen LogP contribution is -2.11. The number of para-hydroxylation sites is 1. The maximum Gasteiger partial charge on any atom is 0.249 e. The minimum absolute atomic E-state index is 0.435. The Morgan fingerprint density at radius 3 is 2.56 bits per heavy atom. The molecule has 1 aromatic heterocycles. The van der Waals surface area contributed by atoms with E-state index in [0.717, 1.165) is 44.2 Å². The molecule has 1 radical (unpaired) electrons. The highest BCUT2D eigenvalue weighted by Crippen LogP contribution is 2.33. The van der Waals surface area contributed by atoms with Crippen LogP contribution >= 0.6 is 0 Å². The Kier molecular flexibility index (Phi) is 5.12. The number of amides is 1. The van der Waals surface area contributed by atoms with Crippen LogP contribution in [0.5, 0.6) is 5.75 Å². The van der Waals surface area contributed by atoms with Crippen LogP contribution in [0.3, 0.4) is 0 Å². The topological polar surface area (TPSA) is 57.2 Å². The summed E-state index contributed by atoms with van der Waals surface area (Å²) in [6.07, 6.45) is 0. The molecule has 0 fully saturated rings. The first-order valence-corrected chi connectivity index (χ1v) is 10.6. The molecular formula is C28H23N2O2. The van der Waals surface area contributed by atoms with Crippen molar-refractivity contribution in [2.75, 3.05) is 0 Å². The van der Waals surface area contributed by atoms with Crippen molar-refractivity contribution in [2.45, 2.75) is 20.1 Å². The second-order valence-electron chi connectivity index (χ2n) is 7.97. The van der Waals surface area contributed by atoms with E-state index >= 15 is 0 Å². The smallest absolute Gasteiger partial charge is 0.249 e. The van der Waals surface area contributed by atoms with Crippen molar-refractivity contribution in [3.63, 3.8) is 0 Å². The zero-order valence-corrected chi connectivity index (χ0v) is 17.8. The van der Waals surface area contributed by atoms with Crippen LogP contribution in [0.1, 0.15) is 27.0 Å². The molecule has 0 aliphatic carbocycles. The summed E-state index contributed by atoms with van der Waals surface area (Å²) in [6, 6.07) is 31.3. The summed E-state index contributed by atoms with van der Waals surface area (Å²) in [5, 5.41) is 1.75. The molecule has 4 nitrogen and oxygen atoms in total. The molecule has 1 amide bonds. The summed E-state index contributed by atoms with van der Waals surface area (Å²) in [7, 11) is 0. The Balaban J connectivity index is 1.61. The van der Waals surface area contributed by atoms with Crippen LogP contribution < -0.4 is 10.5 Å². The number of aryl methyl sites for hydroxylation is 1. The minimum atomic E-state index is -0.435. The average Bonchev–Trinajstić information content (AvgIpc) is 3.12. The molecule has 0 aliphatic heterocycles. The number of carbonyl (C=O) groups excluding carboxylic acids is 1. The largest absolute Gasteiger partial charge is 0.489 e. The quantitative estimate of drug-likeness (QED) is 0.388. The highest BCUT2D eigenvalue weighted by atomic mass is 16.5. The van der Waals surface area contributed by atoms with Gasteiger partial charge in [0.1, 0.15) is 12.4 Å². The lowest BCUT2D eigenvalue weighted by atomic mass is 10.1. The molecule has 32 heavy (non-hydrogen) atoms. The number of ether oxygens (including phenoxy) is 1. The van der Waals surface area contributed by atoms with E-state index in [1.54, 1.807) is 6.07 Å². The van der Waals surface area contributed by atoms with Crippen LogP contribution in [0.2, 0.25) is 0 Å². The SMILES string of the molecule is Cc1c[c]c2c3c(C(N)=O)cccc3n(Cc3ccccc3OCc3ccccc3)c2c1. The number of nitrogens with two attached hydrogens (primary N) is 1. The zero-order valence-electron chi connectivity index (χ0n) is 17.8. The van der Waals surface area contributed by atoms with Gasteiger partial charge in [-0.15, -0.1) is 0 Å². The second kappa shape index (κ2) is 8.23. The van der Waals surface area contributed by atoms with Gasteiger partial charge in [-0.2, -0.15) is 0 Å². The van der Waals surface area contributed by atoms with Crippen molar-refractivity contribution in [1.29, 1.82) is 0 Å². The molecule has 0 saturated carbocycles. The Morgan fingerprint density at radius 1 is 0.969 bits per heavy atom. The van der Waals surface area contributed by atoms with Gasteiger partial charge in [-0.05, 0) is 48.4 Å². The van der Waals surface area contributed by atoms with E-state index in [4.69, 9.17) is 10.5 Å². The summed E-state index contributed by atoms with van der Waals surface area (Å²) < 4.78 is 8.40. The number of carbonyl (C=O) groups is 1. The number of fused-ring (bicyclic) bond motifs is 3. The molecule has 0 spiro atoms. The summed E-state index contributed by atoms with van der Waals surface area (Å²) in [4.78, 5) is 12.1. The van der Waals surface area contributed by atoms with Gasteiger partial charge < -0.3 is 15.0 Å². The fourth-order valence-corrected chi connectivity index (χ4v) is 4.22. The third-order valence-electron chi connectivity index (χ3n) is 5.74. The van der Waals surface area contributed by atoms with E-state index < -0.39 is 5.91 Å². The van der Waals surface area contributed by atoms with E-state index in [1.165, 1.54) is 0 Å². The van der Waals surface area contributed by atoms with Crippen LogP contribution in [0.4, 0.5) is 0 Å². The van der Waals surface area contributed by atoms with Crippen molar-refractivity contribution >= 4 is 27.7 Å². The predicted octanol–water partition coefficient (Wildman–Crippen LogP) is 5.63. The molecule has 0 bridgehead atoms. The number of primary amides is 1. The first kappa shape index (κ1) is 19.9. The van der Waals surface area contributed by atoms with Crippen molar-refractivity contribution in [3.05, 3.63) is 113 Å². The maximum atomic E-state index is 12.1. The van der Waals surface area contributed by atoms with Crippen molar-refractivity contribution < 1.29 is 9.53 Å². The third kappa shape index (κ3) is 3.60. The van der Waals surface area contributed by atoms with Gasteiger partial charge in [0, 0.05) is 21.9 Å². The lowest BCUT2D eigenvalue weighted by Gasteiger charge is -2.14. The Morgan fingerprint density at radius 2 is 1.75 bits per heavy atom. The van der Waals surface area contributed by atoms with Gasteiger partial charge in [0.05, 0.1) is 17.6 Å². The van der Waals surface area contributed by atoms with Gasteiger partial charge in [-0.3, -0.25) is 4.79 Å². The van der Waals surface area contributed by atoms with Crippen LogP contribution in [-0.2, 0) is 13.2 Å². The molecular weight excluding hydrogens is 396 g/mol. The molecule has 0 unspecified atom stereocenters. The summed E-state index contributed by atoms with van der Waals surface area (Å²) in [5.41, 5.74) is 11.5. The molecule has 1 heterocycles. The van der Waals surface area contributed by atoms with Gasteiger partial charge in [-0.1, -0.05) is 60.7 Å². The second-order valence-corrected chi connectivity index (χ2v) is 7.97. The number of hydrogen-bond donors (Lipinski definition) is 1. The van der Waals surface area contributed by atoms with Crippen molar-refractivity contribution in [3.8, 4) is 5.75 Å². The molecule has 0 saturated heterocycles. The van der Waals surface area contributed by atoms with Gasteiger partial charge >= 0.3 is 0 Å². The summed E-state index contributed by atoms with van der Waals surface area (Å²) >= 11 is 0. The molecule has 4 heteroatoms. The van der Waals surface area contributed by atoms with Crippen LogP contribution in [0, 0.1) is 13.0 Å². The number of hydrogen-bond acceptors (Lipinski definition) is 2.